The molecule has 88 valence electrons. The van der Waals surface area contributed by atoms with Crippen molar-refractivity contribution in [3.8, 4) is 11.4 Å². The Hall–Kier alpha value is -1.77. The molecular formula is C14H17N3. The maximum atomic E-state index is 5.70. The molecule has 2 N–H and O–H groups in total. The number of imidazole rings is 1. The first-order chi connectivity index (χ1) is 8.33. The van der Waals surface area contributed by atoms with E-state index in [0.29, 0.717) is 0 Å². The molecule has 3 rings (SSSR count). The molecule has 3 heteroatoms. The summed E-state index contributed by atoms with van der Waals surface area (Å²) in [6.45, 7) is 1.07. The highest BCUT2D eigenvalue weighted by atomic mass is 15.1. The van der Waals surface area contributed by atoms with Gasteiger partial charge in [0.25, 0.3) is 0 Å². The van der Waals surface area contributed by atoms with Crippen LogP contribution in [0.1, 0.15) is 19.3 Å². The van der Waals surface area contributed by atoms with Crippen molar-refractivity contribution in [2.75, 3.05) is 5.73 Å². The molecule has 2 aromatic rings. The van der Waals surface area contributed by atoms with Gasteiger partial charge >= 0.3 is 0 Å². The van der Waals surface area contributed by atoms with Crippen LogP contribution in [0.2, 0.25) is 0 Å². The van der Waals surface area contributed by atoms with Gasteiger partial charge in [0.15, 0.2) is 0 Å². The zero-order valence-corrected chi connectivity index (χ0v) is 9.84. The smallest absolute Gasteiger partial charge is 0.139 e. The zero-order chi connectivity index (χ0) is 11.7. The van der Waals surface area contributed by atoms with Gasteiger partial charge in [-0.05, 0) is 36.6 Å². The van der Waals surface area contributed by atoms with Crippen molar-refractivity contribution in [2.45, 2.75) is 25.8 Å². The summed E-state index contributed by atoms with van der Waals surface area (Å²) >= 11 is 0. The van der Waals surface area contributed by atoms with E-state index in [0.717, 1.165) is 29.5 Å². The molecule has 1 aromatic heterocycles. The Labute approximate surface area is 101 Å². The average Bonchev–Trinajstić information content (AvgIpc) is 3.06. The van der Waals surface area contributed by atoms with Crippen molar-refractivity contribution in [2.24, 2.45) is 5.92 Å². The summed E-state index contributed by atoms with van der Waals surface area (Å²) in [6, 6.07) is 7.92. The van der Waals surface area contributed by atoms with Crippen LogP contribution in [0, 0.1) is 5.92 Å². The van der Waals surface area contributed by atoms with Gasteiger partial charge in [0.1, 0.15) is 5.82 Å². The van der Waals surface area contributed by atoms with Crippen molar-refractivity contribution in [1.82, 2.24) is 9.55 Å². The number of hydrogen-bond donors (Lipinski definition) is 1. The molecule has 0 atom stereocenters. The van der Waals surface area contributed by atoms with Gasteiger partial charge < -0.3 is 10.3 Å². The molecule has 0 spiro atoms. The van der Waals surface area contributed by atoms with Crippen LogP contribution in [-0.2, 0) is 6.54 Å². The van der Waals surface area contributed by atoms with Gasteiger partial charge in [0.05, 0.1) is 0 Å². The summed E-state index contributed by atoms with van der Waals surface area (Å²) in [6.07, 6.45) is 8.03. The first kappa shape index (κ1) is 10.4. The molecule has 0 radical (unpaired) electrons. The van der Waals surface area contributed by atoms with E-state index in [1.54, 1.807) is 0 Å². The van der Waals surface area contributed by atoms with Crippen molar-refractivity contribution in [3.05, 3.63) is 36.7 Å². The van der Waals surface area contributed by atoms with Crippen LogP contribution in [-0.4, -0.2) is 9.55 Å². The Kier molecular flexibility index (Phi) is 2.59. The topological polar surface area (TPSA) is 43.8 Å². The third-order valence-corrected chi connectivity index (χ3v) is 3.36. The van der Waals surface area contributed by atoms with Gasteiger partial charge in [-0.2, -0.15) is 0 Å². The molecule has 1 heterocycles. The number of aromatic nitrogens is 2. The number of benzene rings is 1. The quantitative estimate of drug-likeness (QED) is 0.816. The molecule has 0 aliphatic heterocycles. The molecule has 1 aromatic carbocycles. The van der Waals surface area contributed by atoms with Crippen LogP contribution in [0.5, 0.6) is 0 Å². The molecule has 0 unspecified atom stereocenters. The van der Waals surface area contributed by atoms with Crippen LogP contribution >= 0.6 is 0 Å². The van der Waals surface area contributed by atoms with E-state index in [-0.39, 0.29) is 0 Å². The maximum absolute atomic E-state index is 5.70. The number of nitrogen functional groups attached to an aromatic ring is 1. The van der Waals surface area contributed by atoms with E-state index in [2.05, 4.69) is 15.7 Å². The minimum absolute atomic E-state index is 0.796. The molecule has 1 aliphatic rings. The van der Waals surface area contributed by atoms with Gasteiger partial charge in [0, 0.05) is 30.2 Å². The zero-order valence-electron chi connectivity index (χ0n) is 9.84. The number of nitrogens with zero attached hydrogens (tertiary/aromatic N) is 2. The third-order valence-electron chi connectivity index (χ3n) is 3.36. The van der Waals surface area contributed by atoms with E-state index in [9.17, 15) is 0 Å². The standard InChI is InChI=1S/C14H17N3/c15-13-5-3-12(4-6-13)14-16-8-10-17(14)9-7-11-1-2-11/h3-6,8,10-11H,1-2,7,9,15H2. The Bertz CT molecular complexity index is 494. The SMILES string of the molecule is Nc1ccc(-c2nccn2CCC2CC2)cc1. The number of hydrogen-bond acceptors (Lipinski definition) is 2. The fraction of sp³-hybridized carbons (Fsp3) is 0.357. The summed E-state index contributed by atoms with van der Waals surface area (Å²) < 4.78 is 2.24. The molecule has 1 saturated carbocycles. The van der Waals surface area contributed by atoms with Gasteiger partial charge in [-0.15, -0.1) is 0 Å². The number of anilines is 1. The van der Waals surface area contributed by atoms with Crippen LogP contribution < -0.4 is 5.73 Å². The van der Waals surface area contributed by atoms with Crippen LogP contribution in [0.15, 0.2) is 36.7 Å². The molecule has 1 aliphatic carbocycles. The number of aryl methyl sites for hydroxylation is 1. The van der Waals surface area contributed by atoms with E-state index in [4.69, 9.17) is 5.73 Å². The first-order valence-corrected chi connectivity index (χ1v) is 6.20. The Morgan fingerprint density at radius 2 is 2.00 bits per heavy atom. The predicted molar refractivity (Wildman–Crippen MR) is 69.4 cm³/mol. The van der Waals surface area contributed by atoms with Crippen LogP contribution in [0.25, 0.3) is 11.4 Å². The fourth-order valence-corrected chi connectivity index (χ4v) is 2.11. The highest BCUT2D eigenvalue weighted by Crippen LogP contribution is 2.33. The molecule has 1 fully saturated rings. The van der Waals surface area contributed by atoms with Crippen LogP contribution in [0.3, 0.4) is 0 Å². The van der Waals surface area contributed by atoms with Gasteiger partial charge in [-0.1, -0.05) is 12.8 Å². The maximum Gasteiger partial charge on any atom is 0.139 e. The van der Waals surface area contributed by atoms with Gasteiger partial charge in [-0.3, -0.25) is 0 Å². The van der Waals surface area contributed by atoms with Crippen molar-refractivity contribution >= 4 is 5.69 Å². The van der Waals surface area contributed by atoms with E-state index >= 15 is 0 Å². The highest BCUT2D eigenvalue weighted by Gasteiger charge is 2.21. The monoisotopic (exact) mass is 227 g/mol. The highest BCUT2D eigenvalue weighted by molar-refractivity contribution is 5.59. The molecule has 3 nitrogen and oxygen atoms in total. The molecule has 17 heavy (non-hydrogen) atoms. The van der Waals surface area contributed by atoms with Crippen molar-refractivity contribution < 1.29 is 0 Å². The van der Waals surface area contributed by atoms with Gasteiger partial charge in [0.2, 0.25) is 0 Å². The summed E-state index contributed by atoms with van der Waals surface area (Å²) in [5, 5.41) is 0. The van der Waals surface area contributed by atoms with E-state index in [1.165, 1.54) is 19.3 Å². The summed E-state index contributed by atoms with van der Waals surface area (Å²) in [5.41, 5.74) is 7.63. The summed E-state index contributed by atoms with van der Waals surface area (Å²) in [5.74, 6) is 2.00. The predicted octanol–water partition coefficient (Wildman–Crippen LogP) is 2.93. The fourth-order valence-electron chi connectivity index (χ4n) is 2.11. The van der Waals surface area contributed by atoms with Crippen molar-refractivity contribution in [3.63, 3.8) is 0 Å². The lowest BCUT2D eigenvalue weighted by Crippen LogP contribution is -2.00. The molecule has 0 bridgehead atoms. The third kappa shape index (κ3) is 2.33. The van der Waals surface area contributed by atoms with Crippen LogP contribution in [0.4, 0.5) is 5.69 Å². The molecule has 0 amide bonds. The summed E-state index contributed by atoms with van der Waals surface area (Å²) in [7, 11) is 0. The Balaban J connectivity index is 1.81. The van der Waals surface area contributed by atoms with E-state index < -0.39 is 0 Å². The summed E-state index contributed by atoms with van der Waals surface area (Å²) in [4.78, 5) is 4.44. The second kappa shape index (κ2) is 4.24. The largest absolute Gasteiger partial charge is 0.399 e. The number of nitrogens with two attached hydrogens (primary N) is 1. The number of rotatable bonds is 4. The Morgan fingerprint density at radius 3 is 2.71 bits per heavy atom. The normalized spacial score (nSPS) is 15.1. The Morgan fingerprint density at radius 1 is 1.24 bits per heavy atom. The molecular weight excluding hydrogens is 210 g/mol. The minimum Gasteiger partial charge on any atom is -0.399 e. The lowest BCUT2D eigenvalue weighted by atomic mass is 10.2. The van der Waals surface area contributed by atoms with Gasteiger partial charge in [-0.25, -0.2) is 4.98 Å². The lowest BCUT2D eigenvalue weighted by Gasteiger charge is -2.07. The first-order valence-electron chi connectivity index (χ1n) is 6.20. The average molecular weight is 227 g/mol. The van der Waals surface area contributed by atoms with Crippen molar-refractivity contribution in [1.29, 1.82) is 0 Å². The lowest BCUT2D eigenvalue weighted by molar-refractivity contribution is 0.601. The second-order valence-corrected chi connectivity index (χ2v) is 4.80. The molecule has 0 saturated heterocycles. The van der Waals surface area contributed by atoms with E-state index in [1.807, 2.05) is 30.5 Å². The minimum atomic E-state index is 0.796. The second-order valence-electron chi connectivity index (χ2n) is 4.80.